The van der Waals surface area contributed by atoms with E-state index in [9.17, 15) is 23.3 Å². The number of benzene rings is 3. The molecule has 0 bridgehead atoms. The van der Waals surface area contributed by atoms with E-state index >= 15 is 0 Å². The van der Waals surface area contributed by atoms with Crippen LogP contribution in [0.15, 0.2) is 72.8 Å². The van der Waals surface area contributed by atoms with Crippen LogP contribution in [0.5, 0.6) is 0 Å². The van der Waals surface area contributed by atoms with Gasteiger partial charge < -0.3 is 0 Å². The van der Waals surface area contributed by atoms with Gasteiger partial charge >= 0.3 is 6.18 Å². The first-order chi connectivity index (χ1) is 13.3. The Morgan fingerprint density at radius 1 is 0.929 bits per heavy atom. The second-order valence-corrected chi connectivity index (χ2v) is 6.12. The van der Waals surface area contributed by atoms with Gasteiger partial charge in [-0.25, -0.2) is 4.68 Å². The van der Waals surface area contributed by atoms with Crippen LogP contribution in [0.2, 0.25) is 0 Å². The summed E-state index contributed by atoms with van der Waals surface area (Å²) in [6.45, 7) is 0. The van der Waals surface area contributed by atoms with Crippen molar-refractivity contribution in [2.45, 2.75) is 6.18 Å². The Hall–Kier alpha value is -3.68. The van der Waals surface area contributed by atoms with Crippen molar-refractivity contribution in [2.24, 2.45) is 0 Å². The Morgan fingerprint density at radius 2 is 1.61 bits per heavy atom. The maximum atomic E-state index is 13.3. The molecular formula is C20H12F3N3O2. The molecule has 4 rings (SSSR count). The molecule has 0 aliphatic rings. The first-order valence-electron chi connectivity index (χ1n) is 8.25. The highest BCUT2D eigenvalue weighted by molar-refractivity contribution is 5.96. The molecule has 0 radical (unpaired) electrons. The van der Waals surface area contributed by atoms with Gasteiger partial charge in [0.05, 0.1) is 16.3 Å². The fraction of sp³-hybridized carbons (Fsp3) is 0.0500. The number of hydrogen-bond acceptors (Lipinski definition) is 3. The van der Waals surface area contributed by atoms with E-state index in [1.807, 2.05) is 30.3 Å². The third-order valence-corrected chi connectivity index (χ3v) is 4.37. The molecule has 5 nitrogen and oxygen atoms in total. The number of rotatable bonds is 3. The lowest BCUT2D eigenvalue weighted by Gasteiger charge is -2.10. The molecule has 1 aromatic heterocycles. The number of aromatic nitrogens is 2. The molecule has 8 heteroatoms. The van der Waals surface area contributed by atoms with Crippen LogP contribution >= 0.6 is 0 Å². The average molecular weight is 383 g/mol. The Bertz CT molecular complexity index is 1180. The molecule has 140 valence electrons. The number of hydrogen-bond donors (Lipinski definition) is 0. The molecule has 0 atom stereocenters. The molecule has 0 aliphatic heterocycles. The topological polar surface area (TPSA) is 61.0 Å². The van der Waals surface area contributed by atoms with Gasteiger partial charge in [-0.15, -0.1) is 0 Å². The van der Waals surface area contributed by atoms with E-state index in [0.717, 1.165) is 21.5 Å². The second kappa shape index (κ2) is 6.49. The van der Waals surface area contributed by atoms with Crippen LogP contribution in [-0.2, 0) is 6.18 Å². The van der Waals surface area contributed by atoms with E-state index in [1.165, 1.54) is 24.3 Å². The highest BCUT2D eigenvalue weighted by atomic mass is 19.4. The molecule has 0 N–H and O–H groups in total. The van der Waals surface area contributed by atoms with Gasteiger partial charge in [-0.3, -0.25) is 10.1 Å². The van der Waals surface area contributed by atoms with Crippen molar-refractivity contribution in [3.63, 3.8) is 0 Å². The molecular weight excluding hydrogens is 371 g/mol. The third-order valence-electron chi connectivity index (χ3n) is 4.37. The van der Waals surface area contributed by atoms with Crippen molar-refractivity contribution < 1.29 is 18.1 Å². The summed E-state index contributed by atoms with van der Waals surface area (Å²) >= 11 is 0. The van der Waals surface area contributed by atoms with Crippen LogP contribution in [0.4, 0.5) is 18.9 Å². The number of nitro groups is 1. The van der Waals surface area contributed by atoms with Gasteiger partial charge in [-0.05, 0) is 29.0 Å². The standard InChI is InChI=1S/C20H12F3N3O2/c21-20(22,23)19-12-18(17-7-3-5-13-4-1-2-6-16(13)17)25(24-19)14-8-10-15(11-9-14)26(27)28/h1-12H. The lowest BCUT2D eigenvalue weighted by molar-refractivity contribution is -0.384. The van der Waals surface area contributed by atoms with Crippen LogP contribution in [0.25, 0.3) is 27.7 Å². The van der Waals surface area contributed by atoms with Gasteiger partial charge in [0.25, 0.3) is 5.69 Å². The van der Waals surface area contributed by atoms with Crippen molar-refractivity contribution in [3.05, 3.63) is 88.6 Å². The summed E-state index contributed by atoms with van der Waals surface area (Å²) in [5.74, 6) is 0. The molecule has 0 fully saturated rings. The first kappa shape index (κ1) is 17.7. The van der Waals surface area contributed by atoms with E-state index in [-0.39, 0.29) is 11.4 Å². The SMILES string of the molecule is O=[N+]([O-])c1ccc(-n2nc(C(F)(F)F)cc2-c2cccc3ccccc23)cc1. The summed E-state index contributed by atoms with van der Waals surface area (Å²) in [6.07, 6.45) is -4.62. The molecule has 0 saturated heterocycles. The highest BCUT2D eigenvalue weighted by Gasteiger charge is 2.35. The summed E-state index contributed by atoms with van der Waals surface area (Å²) < 4.78 is 41.2. The maximum absolute atomic E-state index is 13.3. The molecule has 0 unspecified atom stereocenters. The number of nitrogens with zero attached hydrogens (tertiary/aromatic N) is 3. The molecule has 1 heterocycles. The van der Waals surface area contributed by atoms with Crippen LogP contribution in [-0.4, -0.2) is 14.7 Å². The zero-order valence-electron chi connectivity index (χ0n) is 14.2. The maximum Gasteiger partial charge on any atom is 0.435 e. The van der Waals surface area contributed by atoms with Crippen molar-refractivity contribution in [1.29, 1.82) is 0 Å². The van der Waals surface area contributed by atoms with Gasteiger partial charge in [-0.1, -0.05) is 42.5 Å². The van der Waals surface area contributed by atoms with Crippen molar-refractivity contribution in [3.8, 4) is 16.9 Å². The van der Waals surface area contributed by atoms with Crippen LogP contribution in [0.3, 0.4) is 0 Å². The number of alkyl halides is 3. The monoisotopic (exact) mass is 383 g/mol. The number of halogens is 3. The van der Waals surface area contributed by atoms with Gasteiger partial charge in [-0.2, -0.15) is 18.3 Å². The zero-order chi connectivity index (χ0) is 19.9. The summed E-state index contributed by atoms with van der Waals surface area (Å²) in [6, 6.07) is 18.9. The molecule has 0 amide bonds. The number of fused-ring (bicyclic) bond motifs is 1. The van der Waals surface area contributed by atoms with Crippen molar-refractivity contribution in [1.82, 2.24) is 9.78 Å². The number of nitro benzene ring substituents is 1. The fourth-order valence-corrected chi connectivity index (χ4v) is 3.07. The lowest BCUT2D eigenvalue weighted by Crippen LogP contribution is -2.07. The Morgan fingerprint density at radius 3 is 2.29 bits per heavy atom. The largest absolute Gasteiger partial charge is 0.435 e. The Balaban J connectivity index is 1.96. The molecule has 3 aromatic carbocycles. The molecule has 0 aliphatic carbocycles. The minimum Gasteiger partial charge on any atom is -0.258 e. The molecule has 0 spiro atoms. The first-order valence-corrected chi connectivity index (χ1v) is 8.25. The minimum absolute atomic E-state index is 0.154. The predicted molar refractivity (Wildman–Crippen MR) is 98.2 cm³/mol. The molecule has 0 saturated carbocycles. The van der Waals surface area contributed by atoms with E-state index in [2.05, 4.69) is 5.10 Å². The van der Waals surface area contributed by atoms with Gasteiger partial charge in [0.2, 0.25) is 0 Å². The summed E-state index contributed by atoms with van der Waals surface area (Å²) in [7, 11) is 0. The zero-order valence-corrected chi connectivity index (χ0v) is 14.2. The Kier molecular flexibility index (Phi) is 4.11. The quantitative estimate of drug-likeness (QED) is 0.341. The van der Waals surface area contributed by atoms with E-state index < -0.39 is 16.8 Å². The fourth-order valence-electron chi connectivity index (χ4n) is 3.07. The number of non-ortho nitro benzene ring substituents is 1. The van der Waals surface area contributed by atoms with E-state index in [4.69, 9.17) is 0 Å². The van der Waals surface area contributed by atoms with Crippen molar-refractivity contribution >= 4 is 16.5 Å². The van der Waals surface area contributed by atoms with Crippen molar-refractivity contribution in [2.75, 3.05) is 0 Å². The summed E-state index contributed by atoms with van der Waals surface area (Å²) in [5, 5.41) is 16.2. The third kappa shape index (κ3) is 3.09. The predicted octanol–water partition coefficient (Wildman–Crippen LogP) is 5.62. The highest BCUT2D eigenvalue weighted by Crippen LogP contribution is 2.36. The van der Waals surface area contributed by atoms with E-state index in [0.29, 0.717) is 11.3 Å². The molecule has 28 heavy (non-hydrogen) atoms. The van der Waals surface area contributed by atoms with Gasteiger partial charge in [0, 0.05) is 17.7 Å². The van der Waals surface area contributed by atoms with E-state index in [1.54, 1.807) is 12.1 Å². The average Bonchev–Trinajstić information content (AvgIpc) is 3.13. The second-order valence-electron chi connectivity index (χ2n) is 6.12. The summed E-state index contributed by atoms with van der Waals surface area (Å²) in [5.41, 5.74) is -0.0612. The normalized spacial score (nSPS) is 11.7. The Labute approximate surface area is 156 Å². The van der Waals surface area contributed by atoms with Gasteiger partial charge in [0.1, 0.15) is 0 Å². The minimum atomic E-state index is -4.62. The smallest absolute Gasteiger partial charge is 0.258 e. The van der Waals surface area contributed by atoms with Crippen LogP contribution in [0, 0.1) is 10.1 Å². The lowest BCUT2D eigenvalue weighted by atomic mass is 10.0. The van der Waals surface area contributed by atoms with Crippen LogP contribution < -0.4 is 0 Å². The van der Waals surface area contributed by atoms with Gasteiger partial charge in [0.15, 0.2) is 5.69 Å². The summed E-state index contributed by atoms with van der Waals surface area (Å²) in [4.78, 5) is 10.3. The van der Waals surface area contributed by atoms with Crippen LogP contribution in [0.1, 0.15) is 5.69 Å². The molecule has 4 aromatic rings.